The zero-order valence-electron chi connectivity index (χ0n) is 9.31. The molecule has 1 heterocycles. The zero-order valence-corrected chi connectivity index (χ0v) is 9.31. The Hall–Kier alpha value is -1.46. The number of anilines is 2. The second-order valence-corrected chi connectivity index (χ2v) is 3.85. The Morgan fingerprint density at radius 1 is 1.38 bits per heavy atom. The summed E-state index contributed by atoms with van der Waals surface area (Å²) in [5.41, 5.74) is 5.43. The topological polar surface area (TPSA) is 50.9 Å². The van der Waals surface area contributed by atoms with Crippen LogP contribution >= 0.6 is 0 Å². The number of aromatic nitrogens is 1. The zero-order chi connectivity index (χ0) is 12.5. The van der Waals surface area contributed by atoms with Crippen molar-refractivity contribution in [2.45, 2.75) is 33.0 Å². The van der Waals surface area contributed by atoms with Crippen LogP contribution in [0.3, 0.4) is 0 Å². The minimum absolute atomic E-state index is 0.00480. The van der Waals surface area contributed by atoms with Crippen LogP contribution in [-0.4, -0.2) is 11.0 Å². The van der Waals surface area contributed by atoms with E-state index in [1.165, 1.54) is 6.92 Å². The molecule has 0 atom stereocenters. The Morgan fingerprint density at radius 3 is 2.38 bits per heavy atom. The van der Waals surface area contributed by atoms with Crippen molar-refractivity contribution in [3.63, 3.8) is 0 Å². The van der Waals surface area contributed by atoms with Gasteiger partial charge in [0.2, 0.25) is 0 Å². The maximum Gasteiger partial charge on any atom is 0.433 e. The van der Waals surface area contributed by atoms with Gasteiger partial charge < -0.3 is 11.1 Å². The average Bonchev–Trinajstić information content (AvgIpc) is 2.10. The van der Waals surface area contributed by atoms with Crippen molar-refractivity contribution < 1.29 is 13.2 Å². The molecule has 0 bridgehead atoms. The molecule has 0 saturated carbocycles. The molecular weight excluding hydrogens is 219 g/mol. The monoisotopic (exact) mass is 233 g/mol. The molecule has 0 aliphatic rings. The fourth-order valence-corrected chi connectivity index (χ4v) is 1.26. The number of halogens is 3. The number of rotatable bonds is 2. The summed E-state index contributed by atoms with van der Waals surface area (Å²) in [7, 11) is 0. The first-order valence-corrected chi connectivity index (χ1v) is 4.82. The Bertz CT molecular complexity index is 386. The smallest absolute Gasteiger partial charge is 0.396 e. The summed E-state index contributed by atoms with van der Waals surface area (Å²) in [5, 5.41) is 2.86. The van der Waals surface area contributed by atoms with Crippen LogP contribution in [0, 0.1) is 6.92 Å². The highest BCUT2D eigenvalue weighted by atomic mass is 19.4. The third-order valence-electron chi connectivity index (χ3n) is 1.98. The van der Waals surface area contributed by atoms with Gasteiger partial charge in [-0.05, 0) is 26.8 Å². The number of aryl methyl sites for hydroxylation is 1. The molecule has 0 radical (unpaired) electrons. The van der Waals surface area contributed by atoms with Crippen molar-refractivity contribution in [2.75, 3.05) is 11.1 Å². The van der Waals surface area contributed by atoms with Gasteiger partial charge in [0.15, 0.2) is 0 Å². The average molecular weight is 233 g/mol. The van der Waals surface area contributed by atoms with E-state index in [1.807, 2.05) is 13.8 Å². The van der Waals surface area contributed by atoms with Crippen LogP contribution in [0.4, 0.5) is 24.5 Å². The van der Waals surface area contributed by atoms with Gasteiger partial charge in [-0.15, -0.1) is 0 Å². The Morgan fingerprint density at radius 2 is 1.94 bits per heavy atom. The van der Waals surface area contributed by atoms with Gasteiger partial charge in [-0.2, -0.15) is 13.2 Å². The van der Waals surface area contributed by atoms with Gasteiger partial charge in [-0.1, -0.05) is 0 Å². The predicted molar refractivity (Wildman–Crippen MR) is 57.1 cm³/mol. The second kappa shape index (κ2) is 4.19. The molecule has 6 heteroatoms. The first-order chi connectivity index (χ1) is 7.21. The standard InChI is InChI=1S/C10H14F3N3/c1-5(2)15-7-4-8(10(11,12)13)16-6(3)9(7)14/h4-5H,14H2,1-3H3,(H,15,16). The highest BCUT2D eigenvalue weighted by Gasteiger charge is 2.33. The van der Waals surface area contributed by atoms with Crippen LogP contribution in [-0.2, 0) is 6.18 Å². The van der Waals surface area contributed by atoms with Crippen LogP contribution in [0.1, 0.15) is 25.2 Å². The van der Waals surface area contributed by atoms with Gasteiger partial charge >= 0.3 is 6.18 Å². The number of alkyl halides is 3. The molecule has 1 rings (SSSR count). The van der Waals surface area contributed by atoms with Gasteiger partial charge in [-0.3, -0.25) is 0 Å². The van der Waals surface area contributed by atoms with Crippen molar-refractivity contribution in [1.82, 2.24) is 4.98 Å². The third-order valence-corrected chi connectivity index (χ3v) is 1.98. The van der Waals surface area contributed by atoms with Crippen molar-refractivity contribution >= 4 is 11.4 Å². The molecule has 0 amide bonds. The molecule has 90 valence electrons. The van der Waals surface area contributed by atoms with E-state index in [1.54, 1.807) is 0 Å². The lowest BCUT2D eigenvalue weighted by Gasteiger charge is -2.16. The summed E-state index contributed by atoms with van der Waals surface area (Å²) in [4.78, 5) is 3.42. The van der Waals surface area contributed by atoms with Gasteiger partial charge in [0.25, 0.3) is 0 Å². The normalized spacial score (nSPS) is 11.9. The molecule has 0 spiro atoms. The van der Waals surface area contributed by atoms with Gasteiger partial charge in [0.05, 0.1) is 17.1 Å². The molecule has 0 aliphatic carbocycles. The van der Waals surface area contributed by atoms with E-state index in [0.717, 1.165) is 6.07 Å². The van der Waals surface area contributed by atoms with Gasteiger partial charge in [0.1, 0.15) is 5.69 Å². The molecule has 3 nitrogen and oxygen atoms in total. The highest BCUT2D eigenvalue weighted by Crippen LogP contribution is 2.32. The minimum Gasteiger partial charge on any atom is -0.396 e. The summed E-state index contributed by atoms with van der Waals surface area (Å²) in [5.74, 6) is 0. The number of pyridine rings is 1. The first-order valence-electron chi connectivity index (χ1n) is 4.82. The molecule has 0 aromatic carbocycles. The first kappa shape index (κ1) is 12.6. The summed E-state index contributed by atoms with van der Waals surface area (Å²) in [6.07, 6.45) is -4.45. The number of nitrogens with two attached hydrogens (primary N) is 1. The van der Waals surface area contributed by atoms with E-state index in [0.29, 0.717) is 0 Å². The molecule has 3 N–H and O–H groups in total. The Labute approximate surface area is 91.9 Å². The lowest BCUT2D eigenvalue weighted by atomic mass is 10.2. The molecule has 1 aromatic heterocycles. The van der Waals surface area contributed by atoms with Crippen molar-refractivity contribution in [2.24, 2.45) is 0 Å². The van der Waals surface area contributed by atoms with Gasteiger partial charge in [0, 0.05) is 6.04 Å². The molecule has 16 heavy (non-hydrogen) atoms. The summed E-state index contributed by atoms with van der Waals surface area (Å²) >= 11 is 0. The van der Waals surface area contributed by atoms with Crippen LogP contribution in [0.15, 0.2) is 6.07 Å². The molecule has 0 saturated heterocycles. The maximum absolute atomic E-state index is 12.5. The summed E-state index contributed by atoms with van der Waals surface area (Å²) in [6, 6.07) is 0.938. The van der Waals surface area contributed by atoms with Crippen molar-refractivity contribution in [1.29, 1.82) is 0 Å². The number of nitrogen functional groups attached to an aromatic ring is 1. The molecule has 0 aliphatic heterocycles. The number of hydrogen-bond donors (Lipinski definition) is 2. The van der Waals surface area contributed by atoms with Crippen LogP contribution in [0.25, 0.3) is 0 Å². The fraction of sp³-hybridized carbons (Fsp3) is 0.500. The van der Waals surface area contributed by atoms with E-state index in [2.05, 4.69) is 10.3 Å². The molecular formula is C10H14F3N3. The minimum atomic E-state index is -4.45. The van der Waals surface area contributed by atoms with Crippen molar-refractivity contribution in [3.8, 4) is 0 Å². The van der Waals surface area contributed by atoms with Gasteiger partial charge in [-0.25, -0.2) is 4.98 Å². The molecule has 0 unspecified atom stereocenters. The van der Waals surface area contributed by atoms with E-state index >= 15 is 0 Å². The lowest BCUT2D eigenvalue weighted by molar-refractivity contribution is -0.141. The van der Waals surface area contributed by atoms with E-state index in [4.69, 9.17) is 5.73 Å². The second-order valence-electron chi connectivity index (χ2n) is 3.85. The fourth-order valence-electron chi connectivity index (χ4n) is 1.26. The van der Waals surface area contributed by atoms with Crippen molar-refractivity contribution in [3.05, 3.63) is 17.5 Å². The quantitative estimate of drug-likeness (QED) is 0.825. The summed E-state index contributed by atoms with van der Waals surface area (Å²) < 4.78 is 37.5. The lowest BCUT2D eigenvalue weighted by Crippen LogP contribution is -2.16. The van der Waals surface area contributed by atoms with Crippen LogP contribution in [0.5, 0.6) is 0 Å². The number of hydrogen-bond acceptors (Lipinski definition) is 3. The SMILES string of the molecule is Cc1nc(C(F)(F)F)cc(NC(C)C)c1N. The van der Waals surface area contributed by atoms with E-state index < -0.39 is 11.9 Å². The van der Waals surface area contributed by atoms with Crippen LogP contribution < -0.4 is 11.1 Å². The molecule has 0 fully saturated rings. The highest BCUT2D eigenvalue weighted by molar-refractivity contribution is 5.69. The van der Waals surface area contributed by atoms with E-state index in [9.17, 15) is 13.2 Å². The summed E-state index contributed by atoms with van der Waals surface area (Å²) in [6.45, 7) is 5.10. The van der Waals surface area contributed by atoms with Crippen LogP contribution in [0.2, 0.25) is 0 Å². The van der Waals surface area contributed by atoms with E-state index in [-0.39, 0.29) is 23.1 Å². The molecule has 1 aromatic rings. The third kappa shape index (κ3) is 2.77. The Kier molecular flexibility index (Phi) is 3.30. The Balaban J connectivity index is 3.22. The predicted octanol–water partition coefficient (Wildman–Crippen LogP) is 2.81. The number of nitrogens with one attached hydrogen (secondary N) is 1. The number of nitrogens with zero attached hydrogens (tertiary/aromatic N) is 1. The largest absolute Gasteiger partial charge is 0.433 e. The maximum atomic E-state index is 12.5.